The van der Waals surface area contributed by atoms with Crippen LogP contribution in [-0.4, -0.2) is 29.5 Å². The number of rotatable bonds is 5. The molecule has 0 radical (unpaired) electrons. The third kappa shape index (κ3) is 3.50. The second-order valence-electron chi connectivity index (χ2n) is 6.47. The number of amides is 1. The highest BCUT2D eigenvalue weighted by atomic mass is 16.7. The molecule has 0 bridgehead atoms. The lowest BCUT2D eigenvalue weighted by Gasteiger charge is -2.24. The van der Waals surface area contributed by atoms with Crippen molar-refractivity contribution in [3.8, 4) is 22.8 Å². The van der Waals surface area contributed by atoms with Crippen LogP contribution >= 0.6 is 0 Å². The number of fused-ring (bicyclic) bond motifs is 1. The Balaban J connectivity index is 1.43. The van der Waals surface area contributed by atoms with Gasteiger partial charge in [-0.25, -0.2) is 0 Å². The van der Waals surface area contributed by atoms with Gasteiger partial charge in [0, 0.05) is 11.6 Å². The summed E-state index contributed by atoms with van der Waals surface area (Å²) in [4.78, 5) is 12.4. The van der Waals surface area contributed by atoms with Crippen LogP contribution in [0.5, 0.6) is 11.5 Å². The number of nitrogens with zero attached hydrogens (tertiary/aromatic N) is 1. The fourth-order valence-electron chi connectivity index (χ4n) is 2.80. The van der Waals surface area contributed by atoms with E-state index in [-0.39, 0.29) is 19.0 Å². The van der Waals surface area contributed by atoms with Crippen molar-refractivity contribution in [2.45, 2.75) is 12.5 Å². The molecular weight excluding hydrogens is 348 g/mol. The van der Waals surface area contributed by atoms with Gasteiger partial charge in [-0.3, -0.25) is 4.79 Å². The lowest BCUT2D eigenvalue weighted by atomic mass is 9.95. The first-order valence-corrected chi connectivity index (χ1v) is 8.46. The fourth-order valence-corrected chi connectivity index (χ4v) is 2.80. The Hall–Kier alpha value is -3.32. The van der Waals surface area contributed by atoms with Gasteiger partial charge in [0.25, 0.3) is 5.91 Å². The van der Waals surface area contributed by atoms with Gasteiger partial charge in [0.05, 0.1) is 6.54 Å². The lowest BCUT2D eigenvalue weighted by Crippen LogP contribution is -2.38. The van der Waals surface area contributed by atoms with Crippen molar-refractivity contribution >= 4 is 5.91 Å². The third-order valence-corrected chi connectivity index (χ3v) is 4.39. The zero-order valence-electron chi connectivity index (χ0n) is 14.6. The van der Waals surface area contributed by atoms with Crippen molar-refractivity contribution in [1.29, 1.82) is 0 Å². The van der Waals surface area contributed by atoms with E-state index >= 15 is 0 Å². The molecule has 3 aromatic rings. The van der Waals surface area contributed by atoms with E-state index in [4.69, 9.17) is 14.0 Å². The number of aliphatic hydroxyl groups is 1. The molecule has 4 rings (SSSR count). The van der Waals surface area contributed by atoms with Crippen LogP contribution in [0.15, 0.2) is 59.1 Å². The molecule has 0 fully saturated rings. The lowest BCUT2D eigenvalue weighted by molar-refractivity contribution is 0.0522. The van der Waals surface area contributed by atoms with Gasteiger partial charge in [-0.1, -0.05) is 41.6 Å². The Bertz CT molecular complexity index is 966. The van der Waals surface area contributed by atoms with Crippen molar-refractivity contribution in [3.05, 3.63) is 65.9 Å². The first-order valence-electron chi connectivity index (χ1n) is 8.46. The van der Waals surface area contributed by atoms with E-state index in [1.807, 2.05) is 30.3 Å². The average molecular weight is 366 g/mol. The van der Waals surface area contributed by atoms with E-state index in [1.165, 1.54) is 0 Å². The summed E-state index contributed by atoms with van der Waals surface area (Å²) in [5, 5.41) is 17.2. The molecule has 0 saturated heterocycles. The minimum Gasteiger partial charge on any atom is -0.454 e. The van der Waals surface area contributed by atoms with Crippen LogP contribution in [0.2, 0.25) is 0 Å². The monoisotopic (exact) mass is 366 g/mol. The third-order valence-electron chi connectivity index (χ3n) is 4.39. The molecule has 1 aromatic heterocycles. The summed E-state index contributed by atoms with van der Waals surface area (Å²) >= 11 is 0. The number of carbonyl (C=O) groups is 1. The first-order chi connectivity index (χ1) is 13.0. The molecule has 138 valence electrons. The number of hydrogen-bond acceptors (Lipinski definition) is 6. The predicted molar refractivity (Wildman–Crippen MR) is 96.4 cm³/mol. The fraction of sp³-hybridized carbons (Fsp3) is 0.200. The Kier molecular flexibility index (Phi) is 4.29. The van der Waals surface area contributed by atoms with Crippen LogP contribution in [0.3, 0.4) is 0 Å². The number of aromatic nitrogens is 1. The summed E-state index contributed by atoms with van der Waals surface area (Å²) < 4.78 is 15.8. The standard InChI is InChI=1S/C20H18N2O5/c1-20(24,14-7-8-16-18(9-14)26-12-25-16)11-21-19(23)15-10-17(27-22-15)13-5-3-2-4-6-13/h2-10,24H,11-12H2,1H3,(H,21,23). The summed E-state index contributed by atoms with van der Waals surface area (Å²) in [5.41, 5.74) is 0.298. The molecular formula is C20H18N2O5. The van der Waals surface area contributed by atoms with E-state index in [0.29, 0.717) is 22.8 Å². The van der Waals surface area contributed by atoms with Crippen LogP contribution in [0.1, 0.15) is 23.0 Å². The average Bonchev–Trinajstić information content (AvgIpc) is 3.35. The normalized spacial score (nSPS) is 14.6. The predicted octanol–water partition coefficient (Wildman–Crippen LogP) is 2.71. The summed E-state index contributed by atoms with van der Waals surface area (Å²) in [6.07, 6.45) is 0. The molecule has 7 nitrogen and oxygen atoms in total. The molecule has 0 aliphatic carbocycles. The van der Waals surface area contributed by atoms with E-state index < -0.39 is 11.5 Å². The highest BCUT2D eigenvalue weighted by Gasteiger charge is 2.27. The molecule has 1 unspecified atom stereocenters. The zero-order chi connectivity index (χ0) is 18.9. The maximum absolute atomic E-state index is 12.4. The maximum Gasteiger partial charge on any atom is 0.273 e. The van der Waals surface area contributed by atoms with E-state index in [0.717, 1.165) is 5.56 Å². The topological polar surface area (TPSA) is 93.8 Å². The quantitative estimate of drug-likeness (QED) is 0.721. The molecule has 27 heavy (non-hydrogen) atoms. The van der Waals surface area contributed by atoms with Crippen molar-refractivity contribution in [2.75, 3.05) is 13.3 Å². The number of nitrogens with one attached hydrogen (secondary N) is 1. The van der Waals surface area contributed by atoms with Crippen molar-refractivity contribution in [1.82, 2.24) is 10.5 Å². The van der Waals surface area contributed by atoms with E-state index in [1.54, 1.807) is 31.2 Å². The van der Waals surface area contributed by atoms with Crippen LogP contribution in [-0.2, 0) is 5.60 Å². The van der Waals surface area contributed by atoms with Crippen molar-refractivity contribution in [2.24, 2.45) is 0 Å². The summed E-state index contributed by atoms with van der Waals surface area (Å²) in [6, 6.07) is 16.1. The molecule has 2 N–H and O–H groups in total. The molecule has 0 spiro atoms. The van der Waals surface area contributed by atoms with Gasteiger partial charge in [0.15, 0.2) is 23.0 Å². The minimum absolute atomic E-state index is 0.000985. The van der Waals surface area contributed by atoms with Gasteiger partial charge in [-0.15, -0.1) is 0 Å². The van der Waals surface area contributed by atoms with Gasteiger partial charge >= 0.3 is 0 Å². The van der Waals surface area contributed by atoms with Gasteiger partial charge in [-0.2, -0.15) is 0 Å². The van der Waals surface area contributed by atoms with Gasteiger partial charge in [0.2, 0.25) is 6.79 Å². The SMILES string of the molecule is CC(O)(CNC(=O)c1cc(-c2ccccc2)on1)c1ccc2c(c1)OCO2. The van der Waals surface area contributed by atoms with Gasteiger partial charge in [-0.05, 0) is 24.6 Å². The van der Waals surface area contributed by atoms with Gasteiger partial charge in [0.1, 0.15) is 5.60 Å². The Morgan fingerprint density at radius 1 is 1.15 bits per heavy atom. The second kappa shape index (κ2) is 6.77. The van der Waals surface area contributed by atoms with Crippen molar-refractivity contribution in [3.63, 3.8) is 0 Å². The zero-order valence-corrected chi connectivity index (χ0v) is 14.6. The highest BCUT2D eigenvalue weighted by Crippen LogP contribution is 2.35. The second-order valence-corrected chi connectivity index (χ2v) is 6.47. The summed E-state index contributed by atoms with van der Waals surface area (Å²) in [6.45, 7) is 1.77. The Morgan fingerprint density at radius 2 is 1.93 bits per heavy atom. The number of carbonyl (C=O) groups excluding carboxylic acids is 1. The molecule has 0 saturated carbocycles. The highest BCUT2D eigenvalue weighted by molar-refractivity contribution is 5.93. The summed E-state index contributed by atoms with van der Waals surface area (Å²) in [5.74, 6) is 1.28. The molecule has 7 heteroatoms. The smallest absolute Gasteiger partial charge is 0.273 e. The Labute approximate surface area is 155 Å². The molecule has 2 aromatic carbocycles. The Morgan fingerprint density at radius 3 is 2.74 bits per heavy atom. The molecule has 1 aliphatic rings. The van der Waals surface area contributed by atoms with Crippen LogP contribution < -0.4 is 14.8 Å². The van der Waals surface area contributed by atoms with Crippen LogP contribution in [0, 0.1) is 0 Å². The summed E-state index contributed by atoms with van der Waals surface area (Å²) in [7, 11) is 0. The van der Waals surface area contributed by atoms with Crippen LogP contribution in [0.25, 0.3) is 11.3 Å². The van der Waals surface area contributed by atoms with Crippen molar-refractivity contribution < 1.29 is 23.9 Å². The van der Waals surface area contributed by atoms with Gasteiger partial charge < -0.3 is 24.4 Å². The number of benzene rings is 2. The van der Waals surface area contributed by atoms with E-state index in [2.05, 4.69) is 10.5 Å². The largest absolute Gasteiger partial charge is 0.454 e. The molecule has 1 atom stereocenters. The van der Waals surface area contributed by atoms with Crippen LogP contribution in [0.4, 0.5) is 0 Å². The molecule has 1 amide bonds. The number of ether oxygens (including phenoxy) is 2. The first kappa shape index (κ1) is 17.1. The number of hydrogen-bond donors (Lipinski definition) is 2. The molecule has 1 aliphatic heterocycles. The minimum atomic E-state index is -1.29. The van der Waals surface area contributed by atoms with E-state index in [9.17, 15) is 9.90 Å². The molecule has 2 heterocycles. The maximum atomic E-state index is 12.4.